The number of aromatic nitrogens is 4. The molecule has 0 amide bonds. The molecule has 0 spiro atoms. The summed E-state index contributed by atoms with van der Waals surface area (Å²) in [7, 11) is 4.35. The predicted molar refractivity (Wildman–Crippen MR) is 112 cm³/mol. The van der Waals surface area contributed by atoms with Gasteiger partial charge < -0.3 is 0 Å². The van der Waals surface area contributed by atoms with Crippen molar-refractivity contribution in [3.8, 4) is 0 Å². The normalized spacial score (nSPS) is 12.9. The Morgan fingerprint density at radius 2 is 0.926 bits per heavy atom. The third-order valence-corrected chi connectivity index (χ3v) is 7.13. The van der Waals surface area contributed by atoms with Crippen molar-refractivity contribution in [1.82, 2.24) is 9.13 Å². The van der Waals surface area contributed by atoms with E-state index in [4.69, 9.17) is 0 Å². The largest absolute Gasteiger partial charge is 0.253 e. The second-order valence-electron chi connectivity index (χ2n) is 9.70. The van der Waals surface area contributed by atoms with Crippen molar-refractivity contribution in [3.63, 3.8) is 0 Å². The molecular formula is C23H42N4+2. The van der Waals surface area contributed by atoms with Crippen LogP contribution < -0.4 is 9.13 Å². The average Bonchev–Trinajstić information content (AvgIpc) is 2.87. The smallest absolute Gasteiger partial charge is 0.234 e. The fraction of sp³-hybridized carbons (Fsp3) is 0.739. The highest BCUT2D eigenvalue weighted by atomic mass is 15.2. The van der Waals surface area contributed by atoms with E-state index in [2.05, 4.69) is 102 Å². The Kier molecular flexibility index (Phi) is 5.71. The topological polar surface area (TPSA) is 17.6 Å². The molecule has 2 rings (SSSR count). The van der Waals surface area contributed by atoms with Crippen molar-refractivity contribution in [2.24, 2.45) is 14.1 Å². The summed E-state index contributed by atoms with van der Waals surface area (Å²) in [6.45, 7) is 23.0. The summed E-state index contributed by atoms with van der Waals surface area (Å²) in [5, 5.41) is 0. The summed E-state index contributed by atoms with van der Waals surface area (Å²) in [6, 6.07) is 0. The molecule has 0 aliphatic carbocycles. The molecule has 2 heterocycles. The molecule has 2 aromatic rings. The van der Waals surface area contributed by atoms with Crippen LogP contribution in [0.4, 0.5) is 0 Å². The van der Waals surface area contributed by atoms with E-state index in [0.29, 0.717) is 0 Å². The molecule has 0 unspecified atom stereocenters. The van der Waals surface area contributed by atoms with Crippen LogP contribution in [0.5, 0.6) is 0 Å². The highest BCUT2D eigenvalue weighted by Crippen LogP contribution is 2.31. The molecule has 0 radical (unpaired) electrons. The van der Waals surface area contributed by atoms with E-state index < -0.39 is 0 Å². The van der Waals surface area contributed by atoms with Crippen LogP contribution in [-0.4, -0.2) is 9.13 Å². The van der Waals surface area contributed by atoms with E-state index in [1.165, 1.54) is 53.7 Å². The van der Waals surface area contributed by atoms with Crippen molar-refractivity contribution in [1.29, 1.82) is 0 Å². The second kappa shape index (κ2) is 7.10. The van der Waals surface area contributed by atoms with E-state index in [-0.39, 0.29) is 11.1 Å². The zero-order valence-corrected chi connectivity index (χ0v) is 19.9. The molecule has 0 fully saturated rings. The Morgan fingerprint density at radius 1 is 0.630 bits per heavy atom. The second-order valence-corrected chi connectivity index (χ2v) is 9.70. The quantitative estimate of drug-likeness (QED) is 0.677. The molecule has 4 heteroatoms. The highest BCUT2D eigenvalue weighted by molar-refractivity contribution is 5.11. The number of imidazole rings is 2. The Labute approximate surface area is 166 Å². The van der Waals surface area contributed by atoms with Gasteiger partial charge >= 0.3 is 0 Å². The maximum Gasteiger partial charge on any atom is 0.253 e. The van der Waals surface area contributed by atoms with Crippen LogP contribution in [0, 0.1) is 41.5 Å². The molecule has 2 aromatic heterocycles. The zero-order valence-electron chi connectivity index (χ0n) is 19.9. The molecule has 152 valence electrons. The minimum absolute atomic E-state index is 0.123. The molecule has 0 bridgehead atoms. The Balaban J connectivity index is 2.20. The molecule has 0 aliphatic rings. The standard InChI is InChI=1S/C23H42N4/c1-16-18(3)26(20(5)24(16)11)22(7,8)14-13-15-23(9,10)27-19(4)17(2)25(12)21(27)6/h13-15H2,1-12H3/q+2. The van der Waals surface area contributed by atoms with E-state index >= 15 is 0 Å². The number of hydrogen-bond donors (Lipinski definition) is 0. The number of rotatable bonds is 6. The van der Waals surface area contributed by atoms with E-state index in [9.17, 15) is 0 Å². The first-order chi connectivity index (χ1) is 12.2. The van der Waals surface area contributed by atoms with Crippen LogP contribution >= 0.6 is 0 Å². The van der Waals surface area contributed by atoms with Crippen LogP contribution in [0.2, 0.25) is 0 Å². The Hall–Kier alpha value is -1.58. The van der Waals surface area contributed by atoms with Gasteiger partial charge in [-0.25, -0.2) is 18.3 Å². The predicted octanol–water partition coefficient (Wildman–Crippen LogP) is 4.13. The van der Waals surface area contributed by atoms with Crippen molar-refractivity contribution in [2.75, 3.05) is 0 Å². The van der Waals surface area contributed by atoms with Gasteiger partial charge in [-0.1, -0.05) is 0 Å². The number of hydrogen-bond acceptors (Lipinski definition) is 0. The molecule has 0 aliphatic heterocycles. The lowest BCUT2D eigenvalue weighted by Gasteiger charge is -2.28. The maximum absolute atomic E-state index is 2.53. The summed E-state index contributed by atoms with van der Waals surface area (Å²) in [5.41, 5.74) is 5.75. The zero-order chi connectivity index (χ0) is 20.9. The lowest BCUT2D eigenvalue weighted by atomic mass is 9.90. The van der Waals surface area contributed by atoms with Crippen molar-refractivity contribution in [2.45, 2.75) is 99.6 Å². The molecule has 0 atom stereocenters. The van der Waals surface area contributed by atoms with Gasteiger partial charge in [0.2, 0.25) is 0 Å². The Morgan fingerprint density at radius 3 is 1.15 bits per heavy atom. The molecule has 0 N–H and O–H groups in total. The molecule has 0 saturated carbocycles. The first-order valence-electron chi connectivity index (χ1n) is 10.3. The van der Waals surface area contributed by atoms with Gasteiger partial charge in [-0.3, -0.25) is 0 Å². The van der Waals surface area contributed by atoms with Gasteiger partial charge in [0, 0.05) is 41.5 Å². The Bertz CT molecular complexity index is 726. The van der Waals surface area contributed by atoms with E-state index in [0.717, 1.165) is 0 Å². The van der Waals surface area contributed by atoms with Gasteiger partial charge in [0.15, 0.2) is 0 Å². The van der Waals surface area contributed by atoms with Gasteiger partial charge in [0.1, 0.15) is 33.9 Å². The average molecular weight is 375 g/mol. The molecule has 27 heavy (non-hydrogen) atoms. The van der Waals surface area contributed by atoms with Crippen molar-refractivity contribution < 1.29 is 9.13 Å². The molecule has 4 nitrogen and oxygen atoms in total. The SMILES string of the molecule is Cc1c(C)[n+](C)c(C)n1C(C)(C)CCCC(C)(C)n1c(C)c(C)[n+](C)c1C. The van der Waals surface area contributed by atoms with Crippen LogP contribution in [0.25, 0.3) is 0 Å². The first-order valence-corrected chi connectivity index (χ1v) is 10.3. The minimum Gasteiger partial charge on any atom is -0.234 e. The third-order valence-electron chi connectivity index (χ3n) is 7.13. The third kappa shape index (κ3) is 3.60. The molecule has 0 saturated heterocycles. The summed E-state index contributed by atoms with van der Waals surface area (Å²) in [4.78, 5) is 0. The van der Waals surface area contributed by atoms with Crippen molar-refractivity contribution in [3.05, 3.63) is 34.4 Å². The van der Waals surface area contributed by atoms with Crippen LogP contribution in [-0.2, 0) is 25.2 Å². The summed E-state index contributed by atoms with van der Waals surface area (Å²) in [5.74, 6) is 2.68. The lowest BCUT2D eigenvalue weighted by molar-refractivity contribution is -0.683. The van der Waals surface area contributed by atoms with Gasteiger partial charge in [0.25, 0.3) is 11.6 Å². The monoisotopic (exact) mass is 374 g/mol. The van der Waals surface area contributed by atoms with E-state index in [1.807, 2.05) is 0 Å². The number of nitrogens with zero attached hydrogens (tertiary/aromatic N) is 4. The fourth-order valence-corrected chi connectivity index (χ4v) is 5.04. The van der Waals surface area contributed by atoms with Crippen LogP contribution in [0.1, 0.15) is 81.4 Å². The van der Waals surface area contributed by atoms with Gasteiger partial charge in [-0.05, 0) is 47.0 Å². The van der Waals surface area contributed by atoms with Crippen LogP contribution in [0.3, 0.4) is 0 Å². The fourth-order valence-electron chi connectivity index (χ4n) is 5.04. The van der Waals surface area contributed by atoms with Gasteiger partial charge in [0.05, 0.1) is 14.1 Å². The maximum atomic E-state index is 2.53. The molecular weight excluding hydrogens is 332 g/mol. The van der Waals surface area contributed by atoms with Crippen molar-refractivity contribution >= 4 is 0 Å². The van der Waals surface area contributed by atoms with Gasteiger partial charge in [-0.2, -0.15) is 0 Å². The van der Waals surface area contributed by atoms with Gasteiger partial charge in [-0.15, -0.1) is 0 Å². The minimum atomic E-state index is 0.123. The summed E-state index contributed by atoms with van der Waals surface area (Å²) >= 11 is 0. The van der Waals surface area contributed by atoms with Crippen LogP contribution in [0.15, 0.2) is 0 Å². The summed E-state index contributed by atoms with van der Waals surface area (Å²) in [6.07, 6.45) is 3.56. The molecule has 0 aromatic carbocycles. The first kappa shape index (κ1) is 21.7. The van der Waals surface area contributed by atoms with E-state index in [1.54, 1.807) is 0 Å². The summed E-state index contributed by atoms with van der Waals surface area (Å²) < 4.78 is 9.70. The highest BCUT2D eigenvalue weighted by Gasteiger charge is 2.36. The lowest BCUT2D eigenvalue weighted by Crippen LogP contribution is -2.37.